The predicted molar refractivity (Wildman–Crippen MR) is 67.7 cm³/mol. The van der Waals surface area contributed by atoms with E-state index in [0.29, 0.717) is 0 Å². The van der Waals surface area contributed by atoms with Gasteiger partial charge in [0.25, 0.3) is 0 Å². The number of rotatable bonds is 2. The van der Waals surface area contributed by atoms with E-state index in [9.17, 15) is 9.59 Å². The zero-order valence-electron chi connectivity index (χ0n) is 10.5. The Kier molecular flexibility index (Phi) is 3.34. The Morgan fingerprint density at radius 3 is 2.50 bits per heavy atom. The number of likely N-dealkylation sites (N-methyl/N-ethyl adjacent to an activating group) is 1. The lowest BCUT2D eigenvalue weighted by molar-refractivity contribution is -0.127. The van der Waals surface area contributed by atoms with Crippen molar-refractivity contribution in [2.24, 2.45) is 5.73 Å². The van der Waals surface area contributed by atoms with Gasteiger partial charge in [0.2, 0.25) is 5.91 Å². The second-order valence-corrected chi connectivity index (χ2v) is 4.46. The van der Waals surface area contributed by atoms with Crippen LogP contribution in [0.1, 0.15) is 18.5 Å². The van der Waals surface area contributed by atoms with Crippen molar-refractivity contribution >= 4 is 11.9 Å². The van der Waals surface area contributed by atoms with Gasteiger partial charge in [-0.2, -0.15) is 0 Å². The van der Waals surface area contributed by atoms with Crippen LogP contribution >= 0.6 is 0 Å². The maximum absolute atomic E-state index is 12.1. The summed E-state index contributed by atoms with van der Waals surface area (Å²) in [6.07, 6.45) is 0. The van der Waals surface area contributed by atoms with Crippen LogP contribution in [0.3, 0.4) is 0 Å². The number of imide groups is 1. The van der Waals surface area contributed by atoms with Crippen LogP contribution in [0.2, 0.25) is 0 Å². The van der Waals surface area contributed by atoms with Gasteiger partial charge in [0, 0.05) is 7.05 Å². The minimum absolute atomic E-state index is 0.0598. The van der Waals surface area contributed by atoms with E-state index in [1.165, 1.54) is 4.90 Å². The van der Waals surface area contributed by atoms with Gasteiger partial charge in [0.1, 0.15) is 0 Å². The second kappa shape index (κ2) is 4.78. The van der Waals surface area contributed by atoms with E-state index in [4.69, 9.17) is 5.73 Å². The summed E-state index contributed by atoms with van der Waals surface area (Å²) in [4.78, 5) is 26.8. The molecule has 0 aromatic heterocycles. The minimum Gasteiger partial charge on any atom is -0.322 e. The van der Waals surface area contributed by atoms with Crippen LogP contribution in [-0.2, 0) is 4.79 Å². The van der Waals surface area contributed by atoms with Crippen molar-refractivity contribution in [3.8, 4) is 0 Å². The quantitative estimate of drug-likeness (QED) is 0.846. The summed E-state index contributed by atoms with van der Waals surface area (Å²) >= 11 is 0. The zero-order chi connectivity index (χ0) is 13.3. The van der Waals surface area contributed by atoms with Crippen LogP contribution < -0.4 is 5.73 Å². The van der Waals surface area contributed by atoms with Crippen molar-refractivity contribution in [1.29, 1.82) is 0 Å². The first-order chi connectivity index (χ1) is 8.57. The summed E-state index contributed by atoms with van der Waals surface area (Å²) in [6.45, 7) is 1.77. The number of hydrogen-bond donors (Lipinski definition) is 1. The van der Waals surface area contributed by atoms with Crippen molar-refractivity contribution < 1.29 is 9.59 Å². The molecular weight excluding hydrogens is 230 g/mol. The fourth-order valence-electron chi connectivity index (χ4n) is 2.33. The molecule has 0 unspecified atom stereocenters. The molecule has 0 bridgehead atoms. The molecule has 2 atom stereocenters. The molecule has 2 rings (SSSR count). The number of carbonyl (C=O) groups is 2. The van der Waals surface area contributed by atoms with Gasteiger partial charge in [-0.05, 0) is 12.5 Å². The van der Waals surface area contributed by atoms with E-state index in [0.717, 1.165) is 5.56 Å². The number of benzene rings is 1. The third-order valence-electron chi connectivity index (χ3n) is 3.44. The number of carbonyl (C=O) groups excluding carboxylic acids is 2. The molecular formula is C13H17N3O2. The molecule has 1 heterocycles. The molecule has 1 aliphatic heterocycles. The van der Waals surface area contributed by atoms with Gasteiger partial charge in [-0.25, -0.2) is 4.79 Å². The Labute approximate surface area is 106 Å². The van der Waals surface area contributed by atoms with E-state index < -0.39 is 0 Å². The summed E-state index contributed by atoms with van der Waals surface area (Å²) in [6, 6.07) is 8.94. The minimum atomic E-state index is -0.343. The Bertz CT molecular complexity index is 461. The first kappa shape index (κ1) is 12.6. The topological polar surface area (TPSA) is 66.6 Å². The van der Waals surface area contributed by atoms with Crippen molar-refractivity contribution in [2.75, 3.05) is 13.6 Å². The van der Waals surface area contributed by atoms with E-state index in [2.05, 4.69) is 0 Å². The molecule has 1 aromatic carbocycles. The fourth-order valence-corrected chi connectivity index (χ4v) is 2.33. The first-order valence-corrected chi connectivity index (χ1v) is 5.91. The SMILES string of the molecule is C[C@H]1[C@@H](c2ccccc2)N(C(=O)CN)C(=O)N1C. The van der Waals surface area contributed by atoms with Crippen molar-refractivity contribution in [3.05, 3.63) is 35.9 Å². The smallest absolute Gasteiger partial charge is 0.322 e. The highest BCUT2D eigenvalue weighted by Gasteiger charge is 2.44. The van der Waals surface area contributed by atoms with Gasteiger partial charge in [0.15, 0.2) is 0 Å². The van der Waals surface area contributed by atoms with Crippen LogP contribution in [0.25, 0.3) is 0 Å². The van der Waals surface area contributed by atoms with Crippen LogP contribution in [-0.4, -0.2) is 41.4 Å². The van der Waals surface area contributed by atoms with Crippen molar-refractivity contribution in [3.63, 3.8) is 0 Å². The van der Waals surface area contributed by atoms with Gasteiger partial charge < -0.3 is 10.6 Å². The Balaban J connectivity index is 2.42. The summed E-state index contributed by atoms with van der Waals surface area (Å²) in [5.74, 6) is -0.343. The second-order valence-electron chi connectivity index (χ2n) is 4.46. The number of nitrogens with zero attached hydrogens (tertiary/aromatic N) is 2. The third kappa shape index (κ3) is 1.86. The van der Waals surface area contributed by atoms with Gasteiger partial charge in [0.05, 0.1) is 18.6 Å². The summed E-state index contributed by atoms with van der Waals surface area (Å²) in [5, 5.41) is 0. The molecule has 0 aliphatic carbocycles. The standard InChI is InChI=1S/C13H17N3O2/c1-9-12(10-6-4-3-5-7-10)16(11(17)8-14)13(18)15(9)2/h3-7,9,12H,8,14H2,1-2H3/t9-,12-/m0/s1. The zero-order valence-corrected chi connectivity index (χ0v) is 10.5. The van der Waals surface area contributed by atoms with E-state index in [-0.39, 0.29) is 30.6 Å². The average molecular weight is 247 g/mol. The molecule has 5 nitrogen and oxygen atoms in total. The number of amides is 3. The molecule has 0 saturated carbocycles. The highest BCUT2D eigenvalue weighted by molar-refractivity contribution is 5.97. The molecule has 96 valence electrons. The lowest BCUT2D eigenvalue weighted by atomic mass is 10.0. The first-order valence-electron chi connectivity index (χ1n) is 5.91. The summed E-state index contributed by atoms with van der Waals surface area (Å²) < 4.78 is 0. The lowest BCUT2D eigenvalue weighted by Gasteiger charge is -2.23. The normalized spacial score (nSPS) is 23.6. The van der Waals surface area contributed by atoms with Gasteiger partial charge in [-0.15, -0.1) is 0 Å². The molecule has 1 aliphatic rings. The predicted octanol–water partition coefficient (Wildman–Crippen LogP) is 0.969. The Morgan fingerprint density at radius 2 is 1.94 bits per heavy atom. The molecule has 1 fully saturated rings. The summed E-state index contributed by atoms with van der Waals surface area (Å²) in [5.41, 5.74) is 6.33. The van der Waals surface area contributed by atoms with Crippen LogP contribution in [0.4, 0.5) is 4.79 Å². The van der Waals surface area contributed by atoms with E-state index in [1.54, 1.807) is 11.9 Å². The number of urea groups is 1. The van der Waals surface area contributed by atoms with Crippen molar-refractivity contribution in [2.45, 2.75) is 19.0 Å². The molecule has 0 spiro atoms. The maximum Gasteiger partial charge on any atom is 0.327 e. The molecule has 0 radical (unpaired) electrons. The van der Waals surface area contributed by atoms with Crippen LogP contribution in [0.5, 0.6) is 0 Å². The highest BCUT2D eigenvalue weighted by Crippen LogP contribution is 2.34. The summed E-state index contributed by atoms with van der Waals surface area (Å²) in [7, 11) is 1.70. The molecule has 5 heteroatoms. The van der Waals surface area contributed by atoms with Crippen molar-refractivity contribution in [1.82, 2.24) is 9.80 Å². The highest BCUT2D eigenvalue weighted by atomic mass is 16.2. The van der Waals surface area contributed by atoms with Crippen LogP contribution in [0.15, 0.2) is 30.3 Å². The largest absolute Gasteiger partial charge is 0.327 e. The molecule has 1 aromatic rings. The monoisotopic (exact) mass is 247 g/mol. The third-order valence-corrected chi connectivity index (χ3v) is 3.44. The molecule has 3 amide bonds. The van der Waals surface area contributed by atoms with E-state index in [1.807, 2.05) is 37.3 Å². The maximum atomic E-state index is 12.1. The Hall–Kier alpha value is -1.88. The molecule has 18 heavy (non-hydrogen) atoms. The lowest BCUT2D eigenvalue weighted by Crippen LogP contribution is -2.40. The Morgan fingerprint density at radius 1 is 1.33 bits per heavy atom. The van der Waals surface area contributed by atoms with Gasteiger partial charge in [-0.1, -0.05) is 30.3 Å². The fraction of sp³-hybridized carbons (Fsp3) is 0.385. The molecule has 1 saturated heterocycles. The van der Waals surface area contributed by atoms with E-state index >= 15 is 0 Å². The van der Waals surface area contributed by atoms with Gasteiger partial charge >= 0.3 is 6.03 Å². The molecule has 2 N–H and O–H groups in total. The van der Waals surface area contributed by atoms with Crippen LogP contribution in [0, 0.1) is 0 Å². The van der Waals surface area contributed by atoms with Gasteiger partial charge in [-0.3, -0.25) is 9.69 Å². The average Bonchev–Trinajstić information content (AvgIpc) is 2.63. The number of hydrogen-bond acceptors (Lipinski definition) is 3. The number of nitrogens with two attached hydrogens (primary N) is 1.